The summed E-state index contributed by atoms with van der Waals surface area (Å²) in [4.78, 5) is 44.9. The first-order valence-electron chi connectivity index (χ1n) is 32.2. The number of nitrogens with one attached hydrogen (secondary N) is 4. The number of hydrogen-bond donors (Lipinski definition) is 4. The molecule has 0 aliphatic carbocycles. The van der Waals surface area contributed by atoms with Crippen LogP contribution in [-0.4, -0.2) is 153 Å². The number of thioether (sulfide) groups is 1. The molecule has 4 N–H and O–H groups in total. The Kier molecular flexibility index (Phi) is 77.2. The van der Waals surface area contributed by atoms with Gasteiger partial charge >= 0.3 is 0 Å². The van der Waals surface area contributed by atoms with E-state index >= 15 is 0 Å². The van der Waals surface area contributed by atoms with Gasteiger partial charge in [0, 0.05) is 124 Å². The SMILES string of the molecule is CCC(=O)NCCOCC(C)CC.CCCCCOCC(C)CC.CCNC(=O)CCC(=O)NCCCCCOCC(C)CC.CCNC(=O)CCSCCCOC(COCC(C)CC)COCC(C)CC.CCOCC(C)CC. The molecule has 15 nitrogen and oxygen atoms in total. The van der Waals surface area contributed by atoms with Crippen LogP contribution in [0.1, 0.15) is 227 Å². The smallest absolute Gasteiger partial charge is 0.220 e. The first-order valence-corrected chi connectivity index (χ1v) is 33.3. The summed E-state index contributed by atoms with van der Waals surface area (Å²) in [5.74, 6) is 5.85. The van der Waals surface area contributed by atoms with Crippen LogP contribution in [-0.2, 0) is 52.3 Å². The van der Waals surface area contributed by atoms with Crippen LogP contribution in [0.4, 0.5) is 0 Å². The molecule has 0 aromatic heterocycles. The number of amides is 4. The Hall–Kier alpha value is -2.05. The molecule has 0 saturated carbocycles. The number of ether oxygens (including phenoxy) is 7. The van der Waals surface area contributed by atoms with E-state index in [-0.39, 0.29) is 42.6 Å². The van der Waals surface area contributed by atoms with Crippen LogP contribution >= 0.6 is 11.8 Å². The second-order valence-electron chi connectivity index (χ2n) is 21.5. The number of unbranched alkanes of at least 4 members (excludes halogenated alkanes) is 4. The molecule has 4 amide bonds. The van der Waals surface area contributed by atoms with Gasteiger partial charge in [0.2, 0.25) is 23.6 Å². The van der Waals surface area contributed by atoms with Crippen molar-refractivity contribution < 1.29 is 52.3 Å². The van der Waals surface area contributed by atoms with Crippen molar-refractivity contribution in [3.8, 4) is 0 Å². The van der Waals surface area contributed by atoms with Gasteiger partial charge in [0.05, 0.1) is 19.8 Å². The molecule has 0 fully saturated rings. The van der Waals surface area contributed by atoms with Gasteiger partial charge in [0.1, 0.15) is 6.10 Å². The highest BCUT2D eigenvalue weighted by Crippen LogP contribution is 2.09. The normalized spacial score (nSPS) is 13.4. The van der Waals surface area contributed by atoms with Crippen molar-refractivity contribution in [3.05, 3.63) is 0 Å². The van der Waals surface area contributed by atoms with Crippen LogP contribution in [0.3, 0.4) is 0 Å². The molecular formula is C64H134N4O11S. The summed E-state index contributed by atoms with van der Waals surface area (Å²) >= 11 is 1.81. The maximum absolute atomic E-state index is 11.5. The van der Waals surface area contributed by atoms with Crippen LogP contribution in [0.5, 0.6) is 0 Å². The van der Waals surface area contributed by atoms with E-state index in [1.165, 1.54) is 32.1 Å². The van der Waals surface area contributed by atoms with E-state index in [1.807, 2.05) is 27.7 Å². The lowest BCUT2D eigenvalue weighted by molar-refractivity contribution is -0.126. The minimum Gasteiger partial charge on any atom is -0.381 e. The molecule has 482 valence electrons. The van der Waals surface area contributed by atoms with Crippen molar-refractivity contribution in [2.45, 2.75) is 233 Å². The third-order valence-corrected chi connectivity index (χ3v) is 14.1. The van der Waals surface area contributed by atoms with Gasteiger partial charge < -0.3 is 54.4 Å². The van der Waals surface area contributed by atoms with Crippen molar-refractivity contribution in [3.63, 3.8) is 0 Å². The lowest BCUT2D eigenvalue weighted by Crippen LogP contribution is -2.28. The van der Waals surface area contributed by atoms with Gasteiger partial charge in [-0.25, -0.2) is 0 Å². The highest BCUT2D eigenvalue weighted by Gasteiger charge is 2.13. The average Bonchev–Trinajstić information content (AvgIpc) is 3.46. The number of carbonyl (C=O) groups is 4. The summed E-state index contributed by atoms with van der Waals surface area (Å²) in [6.07, 6.45) is 16.5. The highest BCUT2D eigenvalue weighted by molar-refractivity contribution is 7.99. The fourth-order valence-corrected chi connectivity index (χ4v) is 6.82. The lowest BCUT2D eigenvalue weighted by atomic mass is 10.1. The third kappa shape index (κ3) is 76.0. The topological polar surface area (TPSA) is 181 Å². The zero-order valence-electron chi connectivity index (χ0n) is 55.4. The molecule has 0 aromatic carbocycles. The Bertz CT molecular complexity index is 1260. The Balaban J connectivity index is -0.000000313. The summed E-state index contributed by atoms with van der Waals surface area (Å²) in [6, 6.07) is 0. The minimum absolute atomic E-state index is 0.00144. The summed E-state index contributed by atoms with van der Waals surface area (Å²) in [7, 11) is 0. The van der Waals surface area contributed by atoms with Crippen molar-refractivity contribution in [1.29, 1.82) is 0 Å². The summed E-state index contributed by atoms with van der Waals surface area (Å²) in [5.41, 5.74) is 0. The second-order valence-corrected chi connectivity index (χ2v) is 22.7. The monoisotopic (exact) mass is 1170 g/mol. The van der Waals surface area contributed by atoms with Crippen molar-refractivity contribution in [2.75, 3.05) is 124 Å². The molecule has 0 rings (SSSR count). The quantitative estimate of drug-likeness (QED) is 0.0424. The summed E-state index contributed by atoms with van der Waals surface area (Å²) < 4.78 is 39.3. The van der Waals surface area contributed by atoms with Gasteiger partial charge in [-0.1, -0.05) is 148 Å². The van der Waals surface area contributed by atoms with E-state index in [9.17, 15) is 19.2 Å². The zero-order chi connectivity index (χ0) is 61.3. The molecule has 0 aromatic rings. The van der Waals surface area contributed by atoms with E-state index in [0.29, 0.717) is 89.1 Å². The molecule has 6 unspecified atom stereocenters. The van der Waals surface area contributed by atoms with Gasteiger partial charge in [-0.2, -0.15) is 11.8 Å². The molecule has 0 aliphatic heterocycles. The first kappa shape index (κ1) is 86.7. The molecular weight excluding hydrogens is 1030 g/mol. The molecule has 0 radical (unpaired) electrons. The molecule has 16 heteroatoms. The largest absolute Gasteiger partial charge is 0.381 e. The fraction of sp³-hybridized carbons (Fsp3) is 0.938. The summed E-state index contributed by atoms with van der Waals surface area (Å²) in [6.45, 7) is 49.0. The standard InChI is InChI=1S/C21H43NO4S.C16H32N2O3.C10H21NO2.C10H22O.C7H16O/c1-6-18(4)14-24-16-20(17-25-15-19(5)7-2)26-11-9-12-27-13-10-21(23)22-8-3;1-4-14(3)13-21-12-8-6-7-11-18-16(20)10-9-15(19)17-5-2;1-4-9(3)8-13-7-6-11-10(12)5-2;1-4-6-7-8-11-9-10(3)5-2;1-4-7(3)6-8-5-2/h18-20H,6-17H2,1-5H3,(H,22,23);14H,4-13H2,1-3H3,(H,17,19)(H,18,20);9H,4-8H2,1-3H3,(H,11,12);10H,4-9H2,1-3H3;7H,4-6H2,1-3H3. The molecule has 80 heavy (non-hydrogen) atoms. The van der Waals surface area contributed by atoms with Gasteiger partial charge in [0.15, 0.2) is 0 Å². The average molecular weight is 1170 g/mol. The molecule has 0 bridgehead atoms. The Morgan fingerprint density at radius 3 is 1.19 bits per heavy atom. The van der Waals surface area contributed by atoms with E-state index in [2.05, 4.69) is 111 Å². The maximum Gasteiger partial charge on any atom is 0.220 e. The molecule has 0 saturated heterocycles. The van der Waals surface area contributed by atoms with Crippen molar-refractivity contribution in [2.24, 2.45) is 35.5 Å². The molecule has 0 spiro atoms. The van der Waals surface area contributed by atoms with Crippen molar-refractivity contribution >= 4 is 35.4 Å². The molecule has 0 aliphatic rings. The molecule has 6 atom stereocenters. The first-order chi connectivity index (χ1) is 38.4. The number of hydrogen-bond acceptors (Lipinski definition) is 12. The second kappa shape index (κ2) is 71.2. The number of rotatable bonds is 50. The van der Waals surface area contributed by atoms with Crippen LogP contribution in [0.2, 0.25) is 0 Å². The predicted octanol–water partition coefficient (Wildman–Crippen LogP) is 13.3. The number of carbonyl (C=O) groups excluding carboxylic acids is 4. The van der Waals surface area contributed by atoms with Crippen LogP contribution in [0.25, 0.3) is 0 Å². The minimum atomic E-state index is -0.0638. The maximum atomic E-state index is 11.5. The van der Waals surface area contributed by atoms with E-state index in [4.69, 9.17) is 33.2 Å². The van der Waals surface area contributed by atoms with Crippen molar-refractivity contribution in [1.82, 2.24) is 21.3 Å². The van der Waals surface area contributed by atoms with Crippen LogP contribution < -0.4 is 21.3 Å². The lowest BCUT2D eigenvalue weighted by Gasteiger charge is -2.20. The Morgan fingerprint density at radius 1 is 0.362 bits per heavy atom. The Morgan fingerprint density at radius 2 is 0.762 bits per heavy atom. The van der Waals surface area contributed by atoms with Gasteiger partial charge in [-0.05, 0) is 94.1 Å². The fourth-order valence-electron chi connectivity index (χ4n) is 5.97. The molecule has 0 heterocycles. The zero-order valence-corrected chi connectivity index (χ0v) is 56.2. The van der Waals surface area contributed by atoms with Gasteiger partial charge in [-0.3, -0.25) is 19.2 Å². The van der Waals surface area contributed by atoms with Gasteiger partial charge in [-0.15, -0.1) is 0 Å². The summed E-state index contributed by atoms with van der Waals surface area (Å²) in [5, 5.41) is 11.1. The predicted molar refractivity (Wildman–Crippen MR) is 340 cm³/mol. The third-order valence-electron chi connectivity index (χ3n) is 13.1. The van der Waals surface area contributed by atoms with Gasteiger partial charge in [0.25, 0.3) is 0 Å². The Labute approximate surface area is 499 Å². The highest BCUT2D eigenvalue weighted by atomic mass is 32.2. The van der Waals surface area contributed by atoms with E-state index < -0.39 is 0 Å². The van der Waals surface area contributed by atoms with Crippen LogP contribution in [0, 0.1) is 35.5 Å². The van der Waals surface area contributed by atoms with E-state index in [1.54, 1.807) is 11.8 Å². The van der Waals surface area contributed by atoms with Crippen LogP contribution in [0.15, 0.2) is 0 Å². The van der Waals surface area contributed by atoms with E-state index in [0.717, 1.165) is 134 Å².